The number of nitrogens with one attached hydrogen (secondary N) is 1. The van der Waals surface area contributed by atoms with Gasteiger partial charge in [-0.3, -0.25) is 0 Å². The predicted molar refractivity (Wildman–Crippen MR) is 65.4 cm³/mol. The van der Waals surface area contributed by atoms with Crippen LogP contribution < -0.4 is 5.32 Å². The Labute approximate surface area is 97.9 Å². The van der Waals surface area contributed by atoms with Gasteiger partial charge in [-0.1, -0.05) is 13.8 Å². The van der Waals surface area contributed by atoms with Crippen molar-refractivity contribution < 1.29 is 9.52 Å². The molecule has 1 aromatic heterocycles. The lowest BCUT2D eigenvalue weighted by molar-refractivity contribution is 0.149. The Morgan fingerprint density at radius 1 is 1.31 bits per heavy atom. The highest BCUT2D eigenvalue weighted by molar-refractivity contribution is 5.20. The summed E-state index contributed by atoms with van der Waals surface area (Å²) >= 11 is 0. The topological polar surface area (TPSA) is 45.4 Å². The molecule has 3 nitrogen and oxygen atoms in total. The van der Waals surface area contributed by atoms with E-state index >= 15 is 0 Å². The minimum atomic E-state index is -0.155. The van der Waals surface area contributed by atoms with Gasteiger partial charge in [-0.25, -0.2) is 0 Å². The van der Waals surface area contributed by atoms with Crippen molar-refractivity contribution >= 4 is 0 Å². The Bertz CT molecular complexity index is 318. The quantitative estimate of drug-likeness (QED) is 0.782. The maximum absolute atomic E-state index is 9.44. The standard InChI is InChI=1S/C13H23NO2/c1-5-13(6-2,9-15)14-8-12-7-10(3)16-11(12)4/h7,14-15H,5-6,8-9H2,1-4H3. The van der Waals surface area contributed by atoms with Crippen LogP contribution in [0.4, 0.5) is 0 Å². The summed E-state index contributed by atoms with van der Waals surface area (Å²) in [6.07, 6.45) is 1.85. The molecule has 0 atom stereocenters. The van der Waals surface area contributed by atoms with Gasteiger partial charge >= 0.3 is 0 Å². The summed E-state index contributed by atoms with van der Waals surface area (Å²) in [5.41, 5.74) is 1.02. The van der Waals surface area contributed by atoms with Crippen LogP contribution in [0.1, 0.15) is 43.8 Å². The van der Waals surface area contributed by atoms with Crippen LogP contribution in [0.15, 0.2) is 10.5 Å². The van der Waals surface area contributed by atoms with Crippen LogP contribution in [0, 0.1) is 13.8 Å². The molecule has 16 heavy (non-hydrogen) atoms. The van der Waals surface area contributed by atoms with Crippen LogP contribution in [-0.4, -0.2) is 17.3 Å². The molecule has 0 unspecified atom stereocenters. The lowest BCUT2D eigenvalue weighted by atomic mass is 9.93. The van der Waals surface area contributed by atoms with Crippen LogP contribution in [0.25, 0.3) is 0 Å². The molecule has 0 aliphatic heterocycles. The summed E-state index contributed by atoms with van der Waals surface area (Å²) in [6, 6.07) is 2.05. The second kappa shape index (κ2) is 5.51. The molecule has 0 radical (unpaired) electrons. The monoisotopic (exact) mass is 225 g/mol. The van der Waals surface area contributed by atoms with Gasteiger partial charge in [-0.05, 0) is 32.8 Å². The van der Waals surface area contributed by atoms with Crippen molar-refractivity contribution in [1.82, 2.24) is 5.32 Å². The van der Waals surface area contributed by atoms with Crippen LogP contribution in [0.3, 0.4) is 0 Å². The van der Waals surface area contributed by atoms with Gasteiger partial charge in [-0.15, -0.1) is 0 Å². The molecule has 1 aromatic rings. The minimum absolute atomic E-state index is 0.155. The average Bonchev–Trinajstić information content (AvgIpc) is 2.60. The summed E-state index contributed by atoms with van der Waals surface area (Å²) in [7, 11) is 0. The Morgan fingerprint density at radius 3 is 2.31 bits per heavy atom. The van der Waals surface area contributed by atoms with Crippen LogP contribution in [0.2, 0.25) is 0 Å². The van der Waals surface area contributed by atoms with E-state index in [1.54, 1.807) is 0 Å². The number of aryl methyl sites for hydroxylation is 2. The molecule has 0 aliphatic carbocycles. The van der Waals surface area contributed by atoms with Crippen LogP contribution in [0.5, 0.6) is 0 Å². The largest absolute Gasteiger partial charge is 0.466 e. The van der Waals surface area contributed by atoms with Gasteiger partial charge in [0.2, 0.25) is 0 Å². The maximum atomic E-state index is 9.44. The van der Waals surface area contributed by atoms with Gasteiger partial charge in [0.05, 0.1) is 6.61 Å². The SMILES string of the molecule is CCC(CC)(CO)NCc1cc(C)oc1C. The maximum Gasteiger partial charge on any atom is 0.105 e. The Kier molecular flexibility index (Phi) is 4.56. The average molecular weight is 225 g/mol. The van der Waals surface area contributed by atoms with Crippen molar-refractivity contribution in [2.24, 2.45) is 0 Å². The zero-order valence-electron chi connectivity index (χ0n) is 10.8. The highest BCUT2D eigenvalue weighted by Gasteiger charge is 2.24. The van der Waals surface area contributed by atoms with Crippen molar-refractivity contribution in [3.63, 3.8) is 0 Å². The van der Waals surface area contributed by atoms with E-state index in [2.05, 4.69) is 25.2 Å². The molecular weight excluding hydrogens is 202 g/mol. The number of hydrogen-bond donors (Lipinski definition) is 2. The van der Waals surface area contributed by atoms with Crippen molar-refractivity contribution in [2.75, 3.05) is 6.61 Å². The first-order chi connectivity index (χ1) is 7.56. The van der Waals surface area contributed by atoms with Crippen molar-refractivity contribution in [3.8, 4) is 0 Å². The number of furan rings is 1. The highest BCUT2D eigenvalue weighted by atomic mass is 16.3. The fourth-order valence-corrected chi connectivity index (χ4v) is 1.92. The number of aliphatic hydroxyl groups is 1. The zero-order chi connectivity index (χ0) is 12.2. The van der Waals surface area contributed by atoms with E-state index < -0.39 is 0 Å². The fraction of sp³-hybridized carbons (Fsp3) is 0.692. The number of aliphatic hydroxyl groups excluding tert-OH is 1. The summed E-state index contributed by atoms with van der Waals surface area (Å²) in [4.78, 5) is 0. The lowest BCUT2D eigenvalue weighted by Crippen LogP contribution is -2.47. The van der Waals surface area contributed by atoms with E-state index in [9.17, 15) is 5.11 Å². The van der Waals surface area contributed by atoms with E-state index in [4.69, 9.17) is 4.42 Å². The second-order valence-electron chi connectivity index (χ2n) is 4.44. The molecule has 0 saturated heterocycles. The summed E-state index contributed by atoms with van der Waals surface area (Å²) in [5, 5.41) is 12.9. The number of hydrogen-bond acceptors (Lipinski definition) is 3. The summed E-state index contributed by atoms with van der Waals surface area (Å²) in [5.74, 6) is 1.90. The minimum Gasteiger partial charge on any atom is -0.466 e. The van der Waals surface area contributed by atoms with E-state index in [0.717, 1.165) is 30.9 Å². The van der Waals surface area contributed by atoms with Crippen LogP contribution in [-0.2, 0) is 6.54 Å². The Hall–Kier alpha value is -0.800. The fourth-order valence-electron chi connectivity index (χ4n) is 1.92. The molecule has 1 heterocycles. The van der Waals surface area contributed by atoms with Crippen molar-refractivity contribution in [1.29, 1.82) is 0 Å². The second-order valence-corrected chi connectivity index (χ2v) is 4.44. The van der Waals surface area contributed by atoms with Gasteiger partial charge in [0.15, 0.2) is 0 Å². The Balaban J connectivity index is 2.65. The smallest absolute Gasteiger partial charge is 0.105 e. The van der Waals surface area contributed by atoms with Gasteiger partial charge in [0, 0.05) is 17.6 Å². The van der Waals surface area contributed by atoms with Gasteiger partial charge in [0.25, 0.3) is 0 Å². The van der Waals surface area contributed by atoms with E-state index in [1.807, 2.05) is 13.8 Å². The third kappa shape index (κ3) is 2.86. The molecular formula is C13H23NO2. The highest BCUT2D eigenvalue weighted by Crippen LogP contribution is 2.18. The molecule has 3 heteroatoms. The molecule has 92 valence electrons. The van der Waals surface area contributed by atoms with Crippen LogP contribution >= 0.6 is 0 Å². The molecule has 0 amide bonds. The third-order valence-corrected chi connectivity index (χ3v) is 3.45. The summed E-state index contributed by atoms with van der Waals surface area (Å²) in [6.45, 7) is 9.06. The molecule has 0 aromatic carbocycles. The molecule has 0 saturated carbocycles. The molecule has 1 rings (SSSR count). The molecule has 0 spiro atoms. The first-order valence-corrected chi connectivity index (χ1v) is 5.98. The number of rotatable bonds is 6. The van der Waals surface area contributed by atoms with E-state index in [1.165, 1.54) is 5.56 Å². The zero-order valence-corrected chi connectivity index (χ0v) is 10.8. The van der Waals surface area contributed by atoms with Gasteiger partial charge < -0.3 is 14.8 Å². The first-order valence-electron chi connectivity index (χ1n) is 5.98. The molecule has 0 bridgehead atoms. The van der Waals surface area contributed by atoms with Gasteiger partial charge in [-0.2, -0.15) is 0 Å². The predicted octanol–water partition coefficient (Wildman–Crippen LogP) is 2.54. The molecule has 0 aliphatic rings. The van der Waals surface area contributed by atoms with Crippen molar-refractivity contribution in [2.45, 2.75) is 52.6 Å². The summed E-state index contributed by atoms with van der Waals surface area (Å²) < 4.78 is 5.48. The third-order valence-electron chi connectivity index (χ3n) is 3.45. The first kappa shape index (κ1) is 13.3. The van der Waals surface area contributed by atoms with E-state index in [-0.39, 0.29) is 12.1 Å². The normalized spacial score (nSPS) is 12.1. The Morgan fingerprint density at radius 2 is 1.94 bits per heavy atom. The molecule has 0 fully saturated rings. The van der Waals surface area contributed by atoms with E-state index in [0.29, 0.717) is 0 Å². The lowest BCUT2D eigenvalue weighted by Gasteiger charge is -2.30. The molecule has 2 N–H and O–H groups in total. The van der Waals surface area contributed by atoms with Crippen molar-refractivity contribution in [3.05, 3.63) is 23.2 Å². The van der Waals surface area contributed by atoms with Gasteiger partial charge in [0.1, 0.15) is 11.5 Å².